The Balaban J connectivity index is 1.38. The first-order valence-electron chi connectivity index (χ1n) is 10.4. The second kappa shape index (κ2) is 11.1. The molecule has 2 heterocycles. The summed E-state index contributed by atoms with van der Waals surface area (Å²) in [6.07, 6.45) is 2.74. The lowest BCUT2D eigenvalue weighted by Crippen LogP contribution is -2.42. The van der Waals surface area contributed by atoms with Gasteiger partial charge in [-0.15, -0.1) is 10.2 Å². The molecule has 1 atom stereocenters. The number of benzene rings is 1. The Morgan fingerprint density at radius 3 is 2.83 bits per heavy atom. The number of piperidine rings is 1. The van der Waals surface area contributed by atoms with Crippen molar-refractivity contribution in [2.75, 3.05) is 31.9 Å². The average molecular weight is 431 g/mol. The number of nitrogens with zero attached hydrogens (tertiary/aromatic N) is 4. The van der Waals surface area contributed by atoms with Gasteiger partial charge >= 0.3 is 0 Å². The SMILES string of the molecule is Cc1nnc(SCC(=O)NCCCN2CCCC(C(N)=O)C2)n1Cc1ccccc1. The zero-order chi connectivity index (χ0) is 21.3. The predicted molar refractivity (Wildman–Crippen MR) is 117 cm³/mol. The number of thioether (sulfide) groups is 1. The van der Waals surface area contributed by atoms with E-state index in [9.17, 15) is 9.59 Å². The molecule has 30 heavy (non-hydrogen) atoms. The maximum atomic E-state index is 12.2. The number of hydrogen-bond donors (Lipinski definition) is 2. The molecule has 1 fully saturated rings. The quantitative estimate of drug-likeness (QED) is 0.436. The monoisotopic (exact) mass is 430 g/mol. The van der Waals surface area contributed by atoms with Crippen LogP contribution in [-0.4, -0.2) is 63.4 Å². The van der Waals surface area contributed by atoms with Gasteiger partial charge in [0, 0.05) is 13.1 Å². The summed E-state index contributed by atoms with van der Waals surface area (Å²) in [7, 11) is 0. The van der Waals surface area contributed by atoms with Crippen molar-refractivity contribution in [3.8, 4) is 0 Å². The van der Waals surface area contributed by atoms with E-state index in [1.165, 1.54) is 17.3 Å². The number of rotatable bonds is 10. The largest absolute Gasteiger partial charge is 0.369 e. The first-order valence-corrected chi connectivity index (χ1v) is 11.4. The molecule has 2 aromatic rings. The lowest BCUT2D eigenvalue weighted by atomic mass is 9.97. The Morgan fingerprint density at radius 2 is 2.07 bits per heavy atom. The number of aromatic nitrogens is 3. The van der Waals surface area contributed by atoms with Crippen LogP contribution in [0.5, 0.6) is 0 Å². The summed E-state index contributed by atoms with van der Waals surface area (Å²) in [6.45, 7) is 5.81. The topological polar surface area (TPSA) is 106 Å². The minimum Gasteiger partial charge on any atom is -0.369 e. The highest BCUT2D eigenvalue weighted by atomic mass is 32.2. The van der Waals surface area contributed by atoms with Crippen LogP contribution in [-0.2, 0) is 16.1 Å². The van der Waals surface area contributed by atoms with Gasteiger partial charge in [-0.3, -0.25) is 9.59 Å². The molecule has 162 valence electrons. The summed E-state index contributed by atoms with van der Waals surface area (Å²) in [5.74, 6) is 0.875. The highest BCUT2D eigenvalue weighted by Crippen LogP contribution is 2.18. The maximum absolute atomic E-state index is 12.2. The van der Waals surface area contributed by atoms with E-state index in [1.54, 1.807) is 0 Å². The minimum atomic E-state index is -0.208. The number of nitrogens with two attached hydrogens (primary N) is 1. The molecule has 3 N–H and O–H groups in total. The summed E-state index contributed by atoms with van der Waals surface area (Å²) in [5.41, 5.74) is 6.59. The van der Waals surface area contributed by atoms with Gasteiger partial charge in [0.25, 0.3) is 0 Å². The zero-order valence-electron chi connectivity index (χ0n) is 17.4. The van der Waals surface area contributed by atoms with E-state index < -0.39 is 0 Å². The fourth-order valence-corrected chi connectivity index (χ4v) is 4.43. The molecular weight excluding hydrogens is 400 g/mol. The normalized spacial score (nSPS) is 17.0. The Hall–Kier alpha value is -2.39. The standard InChI is InChI=1S/C21H30N6O2S/c1-16-24-25-21(27(16)13-17-7-3-2-4-8-17)30-15-19(28)23-10-6-12-26-11-5-9-18(14-26)20(22)29/h2-4,7-8,18H,5-6,9-15H2,1H3,(H2,22,29)(H,23,28). The maximum Gasteiger partial charge on any atom is 0.230 e. The van der Waals surface area contributed by atoms with Crippen molar-refractivity contribution < 1.29 is 9.59 Å². The second-order valence-electron chi connectivity index (χ2n) is 7.64. The number of likely N-dealkylation sites (tertiary alicyclic amines) is 1. The van der Waals surface area contributed by atoms with E-state index in [1.807, 2.05) is 29.7 Å². The Labute approximate surface area is 181 Å². The highest BCUT2D eigenvalue weighted by Gasteiger charge is 2.23. The molecule has 1 unspecified atom stereocenters. The molecule has 8 nitrogen and oxygen atoms in total. The molecule has 0 spiro atoms. The number of carbonyl (C=O) groups is 2. The van der Waals surface area contributed by atoms with Gasteiger partial charge in [-0.2, -0.15) is 0 Å². The molecule has 0 saturated carbocycles. The van der Waals surface area contributed by atoms with E-state index in [0.29, 0.717) is 18.8 Å². The van der Waals surface area contributed by atoms with Crippen LogP contribution in [0.25, 0.3) is 0 Å². The van der Waals surface area contributed by atoms with Crippen molar-refractivity contribution in [1.82, 2.24) is 25.0 Å². The van der Waals surface area contributed by atoms with Crippen molar-refractivity contribution >= 4 is 23.6 Å². The first kappa shape index (κ1) is 22.3. The summed E-state index contributed by atoms with van der Waals surface area (Å²) in [4.78, 5) is 25.8. The van der Waals surface area contributed by atoms with Crippen LogP contribution in [0, 0.1) is 12.8 Å². The summed E-state index contributed by atoms with van der Waals surface area (Å²) in [6, 6.07) is 10.1. The van der Waals surface area contributed by atoms with Crippen LogP contribution >= 0.6 is 11.8 Å². The molecule has 1 aliphatic rings. The highest BCUT2D eigenvalue weighted by molar-refractivity contribution is 7.99. The number of nitrogens with one attached hydrogen (secondary N) is 1. The molecule has 0 aliphatic carbocycles. The van der Waals surface area contributed by atoms with E-state index in [-0.39, 0.29) is 17.7 Å². The summed E-state index contributed by atoms with van der Waals surface area (Å²) < 4.78 is 2.03. The van der Waals surface area contributed by atoms with Crippen molar-refractivity contribution in [1.29, 1.82) is 0 Å². The van der Waals surface area contributed by atoms with E-state index in [0.717, 1.165) is 49.9 Å². The Kier molecular flexibility index (Phi) is 8.27. The molecule has 0 radical (unpaired) electrons. The van der Waals surface area contributed by atoms with Gasteiger partial charge in [-0.05, 0) is 44.8 Å². The molecule has 1 aromatic heterocycles. The molecule has 9 heteroatoms. The number of carbonyl (C=O) groups excluding carboxylic acids is 2. The molecule has 2 amide bonds. The third kappa shape index (κ3) is 6.56. The van der Waals surface area contributed by atoms with Crippen molar-refractivity contribution in [3.63, 3.8) is 0 Å². The van der Waals surface area contributed by atoms with Crippen LogP contribution in [0.4, 0.5) is 0 Å². The first-order chi connectivity index (χ1) is 14.5. The third-order valence-corrected chi connectivity index (χ3v) is 6.27. The van der Waals surface area contributed by atoms with Crippen molar-refractivity contribution in [2.24, 2.45) is 11.7 Å². The molecule has 1 aliphatic heterocycles. The number of aryl methyl sites for hydroxylation is 1. The van der Waals surface area contributed by atoms with Crippen LogP contribution in [0.3, 0.4) is 0 Å². The van der Waals surface area contributed by atoms with Crippen LogP contribution < -0.4 is 11.1 Å². The van der Waals surface area contributed by atoms with E-state index in [4.69, 9.17) is 5.73 Å². The van der Waals surface area contributed by atoms with Gasteiger partial charge in [-0.25, -0.2) is 0 Å². The van der Waals surface area contributed by atoms with E-state index in [2.05, 4.69) is 32.5 Å². The van der Waals surface area contributed by atoms with Gasteiger partial charge in [0.2, 0.25) is 11.8 Å². The Bertz CT molecular complexity index is 841. The van der Waals surface area contributed by atoms with Gasteiger partial charge in [0.15, 0.2) is 5.16 Å². The van der Waals surface area contributed by atoms with Crippen LogP contribution in [0.15, 0.2) is 35.5 Å². The fraction of sp³-hybridized carbons (Fsp3) is 0.524. The van der Waals surface area contributed by atoms with Crippen LogP contribution in [0.1, 0.15) is 30.7 Å². The Morgan fingerprint density at radius 1 is 1.27 bits per heavy atom. The van der Waals surface area contributed by atoms with Crippen molar-refractivity contribution in [3.05, 3.63) is 41.7 Å². The van der Waals surface area contributed by atoms with E-state index >= 15 is 0 Å². The van der Waals surface area contributed by atoms with Crippen LogP contribution in [0.2, 0.25) is 0 Å². The van der Waals surface area contributed by atoms with Gasteiger partial charge in [-0.1, -0.05) is 42.1 Å². The lowest BCUT2D eigenvalue weighted by molar-refractivity contribution is -0.123. The number of primary amides is 1. The fourth-order valence-electron chi connectivity index (χ4n) is 3.62. The lowest BCUT2D eigenvalue weighted by Gasteiger charge is -2.31. The zero-order valence-corrected chi connectivity index (χ0v) is 18.2. The average Bonchev–Trinajstić information content (AvgIpc) is 3.10. The second-order valence-corrected chi connectivity index (χ2v) is 8.58. The smallest absolute Gasteiger partial charge is 0.230 e. The number of amides is 2. The molecule has 3 rings (SSSR count). The molecule has 1 saturated heterocycles. The van der Waals surface area contributed by atoms with Gasteiger partial charge in [0.05, 0.1) is 18.2 Å². The summed E-state index contributed by atoms with van der Waals surface area (Å²) in [5, 5.41) is 12.1. The third-order valence-electron chi connectivity index (χ3n) is 5.30. The molecular formula is C21H30N6O2S. The van der Waals surface area contributed by atoms with Crippen molar-refractivity contribution in [2.45, 2.75) is 37.9 Å². The minimum absolute atomic E-state index is 0.0134. The molecule has 1 aromatic carbocycles. The van der Waals surface area contributed by atoms with Gasteiger partial charge in [0.1, 0.15) is 5.82 Å². The number of hydrogen-bond acceptors (Lipinski definition) is 6. The van der Waals surface area contributed by atoms with Gasteiger partial charge < -0.3 is 20.5 Å². The summed E-state index contributed by atoms with van der Waals surface area (Å²) >= 11 is 1.40. The molecule has 0 bridgehead atoms. The predicted octanol–water partition coefficient (Wildman–Crippen LogP) is 1.43.